The van der Waals surface area contributed by atoms with Crippen LogP contribution in [0.3, 0.4) is 0 Å². The lowest BCUT2D eigenvalue weighted by atomic mass is 9.82. The van der Waals surface area contributed by atoms with Crippen LogP contribution in [0, 0.1) is 17.2 Å². The molecule has 1 nitrogen and oxygen atoms in total. The van der Waals surface area contributed by atoms with E-state index < -0.39 is 0 Å². The molecule has 2 N–H and O–H groups in total. The molecule has 0 aromatic heterocycles. The van der Waals surface area contributed by atoms with Crippen LogP contribution in [0.1, 0.15) is 52.1 Å². The zero-order chi connectivity index (χ0) is 15.6. The maximum atomic E-state index is 13.9. The first-order valence-corrected chi connectivity index (χ1v) is 7.70. The summed E-state index contributed by atoms with van der Waals surface area (Å²) in [5.41, 5.74) is 7.77. The summed E-state index contributed by atoms with van der Waals surface area (Å²) in [5.74, 6) is 0.369. The third kappa shape index (κ3) is 4.04. The molecular weight excluding hydrogens is 261 g/mol. The Kier molecular flexibility index (Phi) is 4.67. The molecule has 0 amide bonds. The fourth-order valence-electron chi connectivity index (χ4n) is 3.30. The third-order valence-corrected chi connectivity index (χ3v) is 3.92. The number of nitrogens with two attached hydrogens (primary N) is 1. The number of hydrogen-bond acceptors (Lipinski definition) is 1. The van der Waals surface area contributed by atoms with E-state index in [-0.39, 0.29) is 11.9 Å². The molecule has 2 rings (SSSR count). The number of halogens is 1. The summed E-state index contributed by atoms with van der Waals surface area (Å²) in [7, 11) is 0. The highest BCUT2D eigenvalue weighted by molar-refractivity contribution is 5.86. The Morgan fingerprint density at radius 1 is 1.05 bits per heavy atom. The van der Waals surface area contributed by atoms with Crippen LogP contribution in [0.2, 0.25) is 0 Å². The van der Waals surface area contributed by atoms with Crippen LogP contribution in [-0.2, 0) is 0 Å². The second kappa shape index (κ2) is 6.15. The Morgan fingerprint density at radius 3 is 2.29 bits per heavy atom. The van der Waals surface area contributed by atoms with Crippen molar-refractivity contribution in [1.29, 1.82) is 0 Å². The minimum Gasteiger partial charge on any atom is -0.324 e. The van der Waals surface area contributed by atoms with Crippen molar-refractivity contribution in [2.45, 2.75) is 46.6 Å². The van der Waals surface area contributed by atoms with E-state index in [0.717, 1.165) is 23.8 Å². The highest BCUT2D eigenvalue weighted by Gasteiger charge is 2.19. The predicted molar refractivity (Wildman–Crippen MR) is 88.7 cm³/mol. The minimum absolute atomic E-state index is 0.0483. The van der Waals surface area contributed by atoms with Gasteiger partial charge in [0.25, 0.3) is 0 Å². The molecule has 0 bridgehead atoms. The van der Waals surface area contributed by atoms with E-state index in [2.05, 4.69) is 27.7 Å². The van der Waals surface area contributed by atoms with Gasteiger partial charge in [0.1, 0.15) is 5.82 Å². The molecule has 0 fully saturated rings. The van der Waals surface area contributed by atoms with E-state index in [1.807, 2.05) is 30.3 Å². The summed E-state index contributed by atoms with van der Waals surface area (Å²) in [6, 6.07) is 10.9. The summed E-state index contributed by atoms with van der Waals surface area (Å²) < 4.78 is 13.9. The molecule has 0 heterocycles. The van der Waals surface area contributed by atoms with Crippen LogP contribution in [0.15, 0.2) is 36.4 Å². The molecule has 0 aliphatic carbocycles. The topological polar surface area (TPSA) is 26.0 Å². The van der Waals surface area contributed by atoms with E-state index in [4.69, 9.17) is 5.73 Å². The summed E-state index contributed by atoms with van der Waals surface area (Å²) in [6.07, 6.45) is 2.06. The van der Waals surface area contributed by atoms with Gasteiger partial charge in [-0.1, -0.05) is 58.0 Å². The molecule has 0 saturated carbocycles. The molecule has 0 saturated heterocycles. The van der Waals surface area contributed by atoms with Crippen molar-refractivity contribution in [3.05, 3.63) is 47.8 Å². The first-order chi connectivity index (χ1) is 9.78. The lowest BCUT2D eigenvalue weighted by molar-refractivity contribution is 0.286. The van der Waals surface area contributed by atoms with Gasteiger partial charge in [-0.2, -0.15) is 0 Å². The summed E-state index contributed by atoms with van der Waals surface area (Å²) >= 11 is 0. The van der Waals surface area contributed by atoms with Crippen molar-refractivity contribution in [2.75, 3.05) is 0 Å². The van der Waals surface area contributed by atoms with E-state index in [1.165, 1.54) is 6.07 Å². The van der Waals surface area contributed by atoms with Crippen molar-refractivity contribution in [3.8, 4) is 0 Å². The lowest BCUT2D eigenvalue weighted by Crippen LogP contribution is -2.18. The van der Waals surface area contributed by atoms with E-state index in [9.17, 15) is 4.39 Å². The van der Waals surface area contributed by atoms with Gasteiger partial charge in [0.2, 0.25) is 0 Å². The smallest absolute Gasteiger partial charge is 0.131 e. The molecule has 0 aliphatic rings. The van der Waals surface area contributed by atoms with Crippen LogP contribution in [-0.4, -0.2) is 0 Å². The van der Waals surface area contributed by atoms with E-state index in [0.29, 0.717) is 16.7 Å². The monoisotopic (exact) mass is 287 g/mol. The normalized spacial score (nSPS) is 15.1. The van der Waals surface area contributed by atoms with Crippen molar-refractivity contribution in [1.82, 2.24) is 0 Å². The Morgan fingerprint density at radius 2 is 1.67 bits per heavy atom. The number of fused-ring (bicyclic) bond motifs is 1. The summed E-state index contributed by atoms with van der Waals surface area (Å²) in [5, 5.41) is 1.60. The first-order valence-electron chi connectivity index (χ1n) is 7.70. The van der Waals surface area contributed by atoms with Crippen LogP contribution in [0.25, 0.3) is 10.8 Å². The van der Waals surface area contributed by atoms with Crippen LogP contribution < -0.4 is 5.73 Å². The minimum atomic E-state index is -0.177. The van der Waals surface area contributed by atoms with E-state index in [1.54, 1.807) is 0 Å². The maximum absolute atomic E-state index is 13.9. The van der Waals surface area contributed by atoms with E-state index >= 15 is 0 Å². The second-order valence-electron chi connectivity index (χ2n) is 7.39. The van der Waals surface area contributed by atoms with Crippen molar-refractivity contribution >= 4 is 10.8 Å². The number of hydrogen-bond donors (Lipinski definition) is 1. The summed E-state index contributed by atoms with van der Waals surface area (Å²) in [6.45, 7) is 9.00. The largest absolute Gasteiger partial charge is 0.324 e. The maximum Gasteiger partial charge on any atom is 0.131 e. The summed E-state index contributed by atoms with van der Waals surface area (Å²) in [4.78, 5) is 0. The molecule has 2 aromatic rings. The molecule has 0 radical (unpaired) electrons. The Hall–Kier alpha value is -1.41. The van der Waals surface area contributed by atoms with Gasteiger partial charge < -0.3 is 5.73 Å². The molecule has 2 heteroatoms. The third-order valence-electron chi connectivity index (χ3n) is 3.92. The van der Waals surface area contributed by atoms with Gasteiger partial charge in [0.05, 0.1) is 0 Å². The molecule has 0 aliphatic heterocycles. The van der Waals surface area contributed by atoms with Gasteiger partial charge in [-0.05, 0) is 41.2 Å². The van der Waals surface area contributed by atoms with Gasteiger partial charge in [-0.15, -0.1) is 0 Å². The highest BCUT2D eigenvalue weighted by atomic mass is 19.1. The quantitative estimate of drug-likeness (QED) is 0.796. The predicted octanol–water partition coefficient (Wildman–Crippen LogP) is 5.44. The van der Waals surface area contributed by atoms with Crippen molar-refractivity contribution < 1.29 is 4.39 Å². The zero-order valence-corrected chi connectivity index (χ0v) is 13.5. The molecule has 2 unspecified atom stereocenters. The van der Waals surface area contributed by atoms with Crippen LogP contribution in [0.5, 0.6) is 0 Å². The van der Waals surface area contributed by atoms with Crippen molar-refractivity contribution in [3.63, 3.8) is 0 Å². The van der Waals surface area contributed by atoms with Gasteiger partial charge in [0.15, 0.2) is 0 Å². The van der Waals surface area contributed by atoms with Crippen LogP contribution >= 0.6 is 0 Å². The molecule has 21 heavy (non-hydrogen) atoms. The Balaban J connectivity index is 2.24. The van der Waals surface area contributed by atoms with Gasteiger partial charge in [0, 0.05) is 11.4 Å². The average Bonchev–Trinajstić information content (AvgIpc) is 2.37. The fourth-order valence-corrected chi connectivity index (χ4v) is 3.30. The Bertz CT molecular complexity index is 612. The molecular formula is C19H26FN. The first kappa shape index (κ1) is 16.0. The Labute approximate surface area is 127 Å². The highest BCUT2D eigenvalue weighted by Crippen LogP contribution is 2.32. The molecule has 0 spiro atoms. The molecule has 2 aromatic carbocycles. The van der Waals surface area contributed by atoms with Crippen molar-refractivity contribution in [2.24, 2.45) is 17.1 Å². The number of rotatable bonds is 4. The SMILES string of the molecule is CC(CC(N)c1ccc(F)c2ccccc12)CC(C)(C)C. The number of benzene rings is 2. The standard InChI is InChI=1S/C19H26FN/c1-13(12-19(2,3)4)11-18(21)16-9-10-17(20)15-8-6-5-7-14(15)16/h5-10,13,18H,11-12,21H2,1-4H3. The second-order valence-corrected chi connectivity index (χ2v) is 7.39. The van der Waals surface area contributed by atoms with Crippen LogP contribution in [0.4, 0.5) is 4.39 Å². The van der Waals surface area contributed by atoms with Gasteiger partial charge in [-0.25, -0.2) is 4.39 Å². The molecule has 2 atom stereocenters. The van der Waals surface area contributed by atoms with Gasteiger partial charge in [-0.3, -0.25) is 0 Å². The molecule has 114 valence electrons. The lowest BCUT2D eigenvalue weighted by Gasteiger charge is -2.26. The average molecular weight is 287 g/mol. The zero-order valence-electron chi connectivity index (χ0n) is 13.5. The van der Waals surface area contributed by atoms with Gasteiger partial charge >= 0.3 is 0 Å². The fraction of sp³-hybridized carbons (Fsp3) is 0.474.